The van der Waals surface area contributed by atoms with E-state index in [1.807, 2.05) is 53.0 Å². The van der Waals surface area contributed by atoms with Crippen LogP contribution in [-0.4, -0.2) is 61.4 Å². The van der Waals surface area contributed by atoms with Crippen molar-refractivity contribution in [1.82, 2.24) is 9.78 Å². The molecule has 1 aliphatic heterocycles. The molecule has 1 aromatic heterocycles. The van der Waals surface area contributed by atoms with Gasteiger partial charge in [0.25, 0.3) is 0 Å². The van der Waals surface area contributed by atoms with Crippen LogP contribution in [-0.2, 0) is 25.5 Å². The molecule has 9 heteroatoms. The lowest BCUT2D eigenvalue weighted by Gasteiger charge is -2.39. The van der Waals surface area contributed by atoms with Crippen LogP contribution in [0.25, 0.3) is 11.3 Å². The predicted molar refractivity (Wildman–Crippen MR) is 151 cm³/mol. The number of aromatic nitrogens is 2. The molecule has 0 fully saturated rings. The van der Waals surface area contributed by atoms with Crippen molar-refractivity contribution in [2.24, 2.45) is 0 Å². The molecular weight excluding hydrogens is 494 g/mol. The molecule has 2 heterocycles. The van der Waals surface area contributed by atoms with Crippen molar-refractivity contribution in [3.63, 3.8) is 0 Å². The van der Waals surface area contributed by atoms with Gasteiger partial charge in [-0.15, -0.1) is 0 Å². The lowest BCUT2D eigenvalue weighted by atomic mass is 9.89. The molecule has 2 atom stereocenters. The topological polar surface area (TPSA) is 102 Å². The van der Waals surface area contributed by atoms with Gasteiger partial charge in [0.2, 0.25) is 5.91 Å². The zero-order valence-corrected chi connectivity index (χ0v) is 22.9. The third-order valence-corrected chi connectivity index (χ3v) is 6.72. The van der Waals surface area contributed by atoms with E-state index in [0.717, 1.165) is 34.6 Å². The summed E-state index contributed by atoms with van der Waals surface area (Å²) < 4.78 is 18.3. The third-order valence-electron chi connectivity index (χ3n) is 6.72. The summed E-state index contributed by atoms with van der Waals surface area (Å²) >= 11 is 0. The zero-order valence-electron chi connectivity index (χ0n) is 22.9. The SMILES string of the molecule is CCOCCOCCOCCn1ccc(-c2ccc3c(c2)[C@H](Nc2ccc(C#N)cc2)C[C@H](C)N3C(C)=O)n1. The Hall–Kier alpha value is -3.71. The van der Waals surface area contributed by atoms with Gasteiger partial charge in [-0.3, -0.25) is 9.48 Å². The van der Waals surface area contributed by atoms with E-state index in [4.69, 9.17) is 24.6 Å². The maximum Gasteiger partial charge on any atom is 0.224 e. The van der Waals surface area contributed by atoms with E-state index in [1.165, 1.54) is 0 Å². The number of fused-ring (bicyclic) bond motifs is 1. The van der Waals surface area contributed by atoms with E-state index >= 15 is 0 Å². The molecule has 39 heavy (non-hydrogen) atoms. The fraction of sp³-hybridized carbons (Fsp3) is 0.433. The Labute approximate surface area is 230 Å². The Morgan fingerprint density at radius 1 is 1.05 bits per heavy atom. The fourth-order valence-electron chi connectivity index (χ4n) is 4.86. The number of rotatable bonds is 13. The third kappa shape index (κ3) is 7.45. The summed E-state index contributed by atoms with van der Waals surface area (Å²) in [6.45, 7) is 9.78. The summed E-state index contributed by atoms with van der Waals surface area (Å²) in [7, 11) is 0. The van der Waals surface area contributed by atoms with Gasteiger partial charge < -0.3 is 24.4 Å². The molecule has 0 aliphatic carbocycles. The molecule has 206 valence electrons. The quantitative estimate of drug-likeness (QED) is 0.317. The van der Waals surface area contributed by atoms with Crippen molar-refractivity contribution in [2.45, 2.75) is 45.8 Å². The van der Waals surface area contributed by atoms with Crippen LogP contribution in [0.5, 0.6) is 0 Å². The van der Waals surface area contributed by atoms with Crippen LogP contribution in [0.3, 0.4) is 0 Å². The van der Waals surface area contributed by atoms with Crippen LogP contribution in [0.2, 0.25) is 0 Å². The Morgan fingerprint density at radius 3 is 2.46 bits per heavy atom. The van der Waals surface area contributed by atoms with Crippen molar-refractivity contribution in [3.05, 3.63) is 65.9 Å². The molecule has 9 nitrogen and oxygen atoms in total. The van der Waals surface area contributed by atoms with E-state index in [1.54, 1.807) is 19.1 Å². The molecule has 2 aromatic carbocycles. The first-order valence-corrected chi connectivity index (χ1v) is 13.5. The summed E-state index contributed by atoms with van der Waals surface area (Å²) in [6, 6.07) is 17.8. The number of nitrogens with zero attached hydrogens (tertiary/aromatic N) is 4. The van der Waals surface area contributed by atoms with Crippen LogP contribution >= 0.6 is 0 Å². The van der Waals surface area contributed by atoms with Gasteiger partial charge in [0, 0.05) is 42.7 Å². The first-order valence-electron chi connectivity index (χ1n) is 13.5. The second-order valence-corrected chi connectivity index (χ2v) is 9.52. The Bertz CT molecular complexity index is 1270. The van der Waals surface area contributed by atoms with E-state index in [-0.39, 0.29) is 18.0 Å². The molecule has 1 aliphatic rings. The first-order chi connectivity index (χ1) is 19.0. The normalized spacial score (nSPS) is 16.5. The van der Waals surface area contributed by atoms with E-state index in [0.29, 0.717) is 51.7 Å². The second kappa shape index (κ2) is 13.9. The highest BCUT2D eigenvalue weighted by atomic mass is 16.5. The number of carbonyl (C=O) groups excluding carboxylic acids is 1. The number of carbonyl (C=O) groups is 1. The van der Waals surface area contributed by atoms with Crippen LogP contribution in [0, 0.1) is 11.3 Å². The molecule has 0 unspecified atom stereocenters. The monoisotopic (exact) mass is 531 g/mol. The van der Waals surface area contributed by atoms with Crippen LogP contribution in [0.1, 0.15) is 44.4 Å². The van der Waals surface area contributed by atoms with Crippen molar-refractivity contribution in [1.29, 1.82) is 5.26 Å². The van der Waals surface area contributed by atoms with Crippen molar-refractivity contribution >= 4 is 17.3 Å². The average molecular weight is 532 g/mol. The summed E-state index contributed by atoms with van der Waals surface area (Å²) in [5, 5.41) is 17.5. The van der Waals surface area contributed by atoms with Gasteiger partial charge in [-0.1, -0.05) is 6.07 Å². The van der Waals surface area contributed by atoms with E-state index < -0.39 is 0 Å². The van der Waals surface area contributed by atoms with Crippen LogP contribution in [0.4, 0.5) is 11.4 Å². The molecule has 0 spiro atoms. The fourth-order valence-corrected chi connectivity index (χ4v) is 4.86. The average Bonchev–Trinajstić information content (AvgIpc) is 3.41. The standard InChI is InChI=1S/C30H37N5O4/c1-4-37-15-16-39-18-17-38-14-13-34-12-11-28(33-34)25-7-10-30-27(20-25)29(19-22(2)35(30)23(3)36)32-26-8-5-24(21-31)6-9-26/h5-12,20,22,29,32H,4,13-19H2,1-3H3/t22-,29+/m0/s1. The number of hydrogen-bond donors (Lipinski definition) is 1. The zero-order chi connectivity index (χ0) is 27.6. The van der Waals surface area contributed by atoms with Gasteiger partial charge in [-0.2, -0.15) is 10.4 Å². The molecule has 0 radical (unpaired) electrons. The molecular formula is C30H37N5O4. The van der Waals surface area contributed by atoms with Crippen LogP contribution < -0.4 is 10.2 Å². The number of anilines is 2. The Morgan fingerprint density at radius 2 is 1.77 bits per heavy atom. The Kier molecular flexibility index (Phi) is 10.1. The lowest BCUT2D eigenvalue weighted by molar-refractivity contribution is -0.117. The number of nitriles is 1. The minimum absolute atomic E-state index is 0.00438. The van der Waals surface area contributed by atoms with Gasteiger partial charge in [-0.25, -0.2) is 0 Å². The van der Waals surface area contributed by atoms with Crippen LogP contribution in [0.15, 0.2) is 54.7 Å². The summed E-state index contributed by atoms with van der Waals surface area (Å²) in [6.07, 6.45) is 2.71. The lowest BCUT2D eigenvalue weighted by Crippen LogP contribution is -2.43. The molecule has 0 bridgehead atoms. The highest BCUT2D eigenvalue weighted by Crippen LogP contribution is 2.41. The van der Waals surface area contributed by atoms with Crippen molar-refractivity contribution in [2.75, 3.05) is 49.9 Å². The van der Waals surface area contributed by atoms with Gasteiger partial charge in [-0.05, 0) is 68.3 Å². The maximum atomic E-state index is 12.5. The van der Waals surface area contributed by atoms with Gasteiger partial charge in [0.15, 0.2) is 0 Å². The van der Waals surface area contributed by atoms with Gasteiger partial charge in [0.1, 0.15) is 0 Å². The maximum absolute atomic E-state index is 12.5. The summed E-state index contributed by atoms with van der Waals surface area (Å²) in [4.78, 5) is 14.4. The number of hydrogen-bond acceptors (Lipinski definition) is 7. The molecule has 0 saturated carbocycles. The Balaban J connectivity index is 1.43. The minimum atomic E-state index is 0.00438. The smallest absolute Gasteiger partial charge is 0.224 e. The van der Waals surface area contributed by atoms with Gasteiger partial charge in [0.05, 0.1) is 62.9 Å². The largest absolute Gasteiger partial charge is 0.379 e. The van der Waals surface area contributed by atoms with Crippen molar-refractivity contribution in [3.8, 4) is 17.3 Å². The number of ether oxygens (including phenoxy) is 3. The molecule has 4 rings (SSSR count). The highest BCUT2D eigenvalue weighted by molar-refractivity contribution is 5.94. The van der Waals surface area contributed by atoms with E-state index in [9.17, 15) is 4.79 Å². The molecule has 0 saturated heterocycles. The second-order valence-electron chi connectivity index (χ2n) is 9.52. The summed E-state index contributed by atoms with van der Waals surface area (Å²) in [5.41, 5.74) is 5.36. The minimum Gasteiger partial charge on any atom is -0.379 e. The highest BCUT2D eigenvalue weighted by Gasteiger charge is 2.32. The molecule has 1 N–H and O–H groups in total. The van der Waals surface area contributed by atoms with E-state index in [2.05, 4.69) is 24.4 Å². The van der Waals surface area contributed by atoms with Crippen molar-refractivity contribution < 1.29 is 19.0 Å². The summed E-state index contributed by atoms with van der Waals surface area (Å²) in [5.74, 6) is 0.0253. The number of benzene rings is 2. The predicted octanol–water partition coefficient (Wildman–Crippen LogP) is 4.79. The molecule has 1 amide bonds. The number of nitrogens with one attached hydrogen (secondary N) is 1. The number of amides is 1. The first kappa shape index (κ1) is 28.3. The van der Waals surface area contributed by atoms with Gasteiger partial charge >= 0.3 is 0 Å². The molecule has 3 aromatic rings.